The molecule has 0 atom stereocenters. The molecule has 0 unspecified atom stereocenters. The van der Waals surface area contributed by atoms with Gasteiger partial charge in [-0.25, -0.2) is 0 Å². The number of rotatable bonds is 11. The molecule has 0 N–H and O–H groups in total. The second-order valence-corrected chi connectivity index (χ2v) is 15.9. The minimum atomic E-state index is 0.714. The third-order valence-electron chi connectivity index (χ3n) is 10.5. The molecule has 8 heteroatoms. The van der Waals surface area contributed by atoms with E-state index in [1.54, 1.807) is 0 Å². The first-order chi connectivity index (χ1) is 27.2. The van der Waals surface area contributed by atoms with Gasteiger partial charge >= 0.3 is 0 Å². The molecular weight excluding hydrogens is 774 g/mol. The molecule has 56 heavy (non-hydrogen) atoms. The van der Waals surface area contributed by atoms with Gasteiger partial charge in [-0.05, 0) is 96.8 Å². The van der Waals surface area contributed by atoms with Gasteiger partial charge in [-0.3, -0.25) is 0 Å². The molecule has 0 amide bonds. The van der Waals surface area contributed by atoms with E-state index in [2.05, 4.69) is 118 Å². The molecule has 0 saturated heterocycles. The summed E-state index contributed by atoms with van der Waals surface area (Å²) in [4.78, 5) is 4.36. The number of benzene rings is 6. The number of hydrogen-bond donors (Lipinski definition) is 0. The van der Waals surface area contributed by atoms with Crippen molar-refractivity contribution in [3.63, 3.8) is 0 Å². The molecule has 0 spiro atoms. The van der Waals surface area contributed by atoms with Crippen molar-refractivity contribution in [1.82, 2.24) is 0 Å². The largest absolute Gasteiger partial charge is 0.344 e. The minimum Gasteiger partial charge on any atom is -0.344 e. The number of hydrogen-bond acceptors (Lipinski definition) is 2. The lowest BCUT2D eigenvalue weighted by Gasteiger charge is -2.21. The highest BCUT2D eigenvalue weighted by Gasteiger charge is 2.19. The van der Waals surface area contributed by atoms with Crippen molar-refractivity contribution in [3.05, 3.63) is 200 Å². The highest BCUT2D eigenvalue weighted by atomic mass is 35.5. The Morgan fingerprint density at radius 2 is 0.732 bits per heavy atom. The van der Waals surface area contributed by atoms with E-state index in [0.717, 1.165) is 80.5 Å². The lowest BCUT2D eigenvalue weighted by molar-refractivity contribution is -0.662. The molecule has 0 radical (unpaired) electrons. The van der Waals surface area contributed by atoms with Gasteiger partial charge in [-0.1, -0.05) is 94.9 Å². The van der Waals surface area contributed by atoms with Gasteiger partial charge in [0.15, 0.2) is 25.5 Å². The standard InChI is InChI=1S/C48H40Cl4N4/c1-53(41-19-13-37(49)14-20-41)45-25-27-55(47-29-39(51)17-23-43(45)47)31-35-9-5-33(6-10-35)3-4-34-7-11-36(12-8-34)32-56-28-26-46(44-24-18-40(52)30-48(44)56)54(2)42-21-15-38(50)16-22-42/h5-30H,3-4,31-32H2,1-2H3/q+2. The van der Waals surface area contributed by atoms with Gasteiger partial charge < -0.3 is 9.80 Å². The monoisotopic (exact) mass is 812 g/mol. The van der Waals surface area contributed by atoms with Crippen LogP contribution in [0, 0.1) is 0 Å². The van der Waals surface area contributed by atoms with Gasteiger partial charge in [0.2, 0.25) is 11.0 Å². The fourth-order valence-electron chi connectivity index (χ4n) is 7.35. The van der Waals surface area contributed by atoms with E-state index in [0.29, 0.717) is 10.0 Å². The van der Waals surface area contributed by atoms with Crippen LogP contribution in [-0.2, 0) is 25.9 Å². The predicted molar refractivity (Wildman–Crippen MR) is 236 cm³/mol. The van der Waals surface area contributed by atoms with Crippen LogP contribution in [0.3, 0.4) is 0 Å². The molecule has 2 aromatic heterocycles. The number of nitrogens with zero attached hydrogens (tertiary/aromatic N) is 4. The van der Waals surface area contributed by atoms with E-state index in [9.17, 15) is 0 Å². The Morgan fingerprint density at radius 3 is 1.11 bits per heavy atom. The normalized spacial score (nSPS) is 11.3. The molecule has 8 rings (SSSR count). The second kappa shape index (κ2) is 16.6. The summed E-state index contributed by atoms with van der Waals surface area (Å²) in [6, 6.07) is 50.3. The summed E-state index contributed by atoms with van der Waals surface area (Å²) in [7, 11) is 4.15. The van der Waals surface area contributed by atoms with Crippen molar-refractivity contribution < 1.29 is 9.13 Å². The highest BCUT2D eigenvalue weighted by Crippen LogP contribution is 2.33. The summed E-state index contributed by atoms with van der Waals surface area (Å²) in [6.45, 7) is 1.48. The van der Waals surface area contributed by atoms with Gasteiger partial charge in [0.1, 0.15) is 0 Å². The van der Waals surface area contributed by atoms with Gasteiger partial charge in [-0.15, -0.1) is 0 Å². The van der Waals surface area contributed by atoms with E-state index in [4.69, 9.17) is 46.4 Å². The van der Waals surface area contributed by atoms with Crippen LogP contribution in [0.2, 0.25) is 20.1 Å². The molecule has 0 aliphatic rings. The van der Waals surface area contributed by atoms with E-state index >= 15 is 0 Å². The van der Waals surface area contributed by atoms with Gasteiger partial charge in [0.25, 0.3) is 0 Å². The van der Waals surface area contributed by atoms with E-state index < -0.39 is 0 Å². The summed E-state index contributed by atoms with van der Waals surface area (Å²) in [5.74, 6) is 0. The predicted octanol–water partition coefficient (Wildman–Crippen LogP) is 12.6. The topological polar surface area (TPSA) is 14.2 Å². The van der Waals surface area contributed by atoms with Gasteiger partial charge in [-0.2, -0.15) is 9.13 Å². The Kier molecular flexibility index (Phi) is 11.2. The Labute approximate surface area is 348 Å². The molecule has 0 aliphatic carbocycles. The summed E-state index contributed by atoms with van der Waals surface area (Å²) < 4.78 is 4.53. The lowest BCUT2D eigenvalue weighted by Crippen LogP contribution is -2.35. The Balaban J connectivity index is 0.926. The Hall–Kier alpha value is -5.10. The lowest BCUT2D eigenvalue weighted by atomic mass is 10.0. The first-order valence-electron chi connectivity index (χ1n) is 18.6. The summed E-state index contributed by atoms with van der Waals surface area (Å²) >= 11 is 25.4. The molecule has 0 saturated carbocycles. The maximum Gasteiger partial charge on any atom is 0.216 e. The zero-order valence-corrected chi connectivity index (χ0v) is 34.2. The van der Waals surface area contributed by atoms with Crippen molar-refractivity contribution in [3.8, 4) is 0 Å². The van der Waals surface area contributed by atoms with Crippen molar-refractivity contribution >= 4 is 91.0 Å². The highest BCUT2D eigenvalue weighted by molar-refractivity contribution is 6.32. The van der Waals surface area contributed by atoms with Crippen molar-refractivity contribution in [2.75, 3.05) is 23.9 Å². The number of fused-ring (bicyclic) bond motifs is 2. The molecule has 6 aromatic carbocycles. The summed E-state index contributed by atoms with van der Waals surface area (Å²) in [5.41, 5.74) is 11.6. The third-order valence-corrected chi connectivity index (χ3v) is 11.5. The number of anilines is 4. The number of aryl methyl sites for hydroxylation is 2. The first kappa shape index (κ1) is 37.8. The van der Waals surface area contributed by atoms with Crippen molar-refractivity contribution in [1.29, 1.82) is 0 Å². The second-order valence-electron chi connectivity index (χ2n) is 14.2. The molecule has 278 valence electrons. The zero-order valence-electron chi connectivity index (χ0n) is 31.1. The maximum atomic E-state index is 6.52. The van der Waals surface area contributed by atoms with E-state index in [1.807, 2.05) is 72.8 Å². The number of halogens is 4. The number of pyridine rings is 2. The van der Waals surface area contributed by atoms with Crippen LogP contribution < -0.4 is 18.9 Å². The zero-order chi connectivity index (χ0) is 38.8. The Morgan fingerprint density at radius 1 is 0.393 bits per heavy atom. The van der Waals surface area contributed by atoms with Crippen LogP contribution in [0.1, 0.15) is 22.3 Å². The quantitative estimate of drug-likeness (QED) is 0.121. The fraction of sp³-hybridized carbons (Fsp3) is 0.125. The van der Waals surface area contributed by atoms with Crippen molar-refractivity contribution in [2.24, 2.45) is 0 Å². The van der Waals surface area contributed by atoms with E-state index in [1.165, 1.54) is 22.3 Å². The molecule has 0 fully saturated rings. The van der Waals surface area contributed by atoms with Crippen LogP contribution in [0.25, 0.3) is 21.8 Å². The summed E-state index contributed by atoms with van der Waals surface area (Å²) in [6.07, 6.45) is 6.23. The summed E-state index contributed by atoms with van der Waals surface area (Å²) in [5, 5.41) is 5.13. The fourth-order valence-corrected chi connectivity index (χ4v) is 7.94. The molecule has 4 nitrogen and oxygen atoms in total. The molecule has 8 aromatic rings. The smallest absolute Gasteiger partial charge is 0.216 e. The van der Waals surface area contributed by atoms with Crippen LogP contribution >= 0.6 is 46.4 Å². The Bertz CT molecular complexity index is 2460. The first-order valence-corrected chi connectivity index (χ1v) is 20.1. The molecule has 2 heterocycles. The average Bonchev–Trinajstić information content (AvgIpc) is 3.21. The van der Waals surface area contributed by atoms with Crippen LogP contribution in [-0.4, -0.2) is 14.1 Å². The van der Waals surface area contributed by atoms with E-state index in [-0.39, 0.29) is 0 Å². The van der Waals surface area contributed by atoms with Crippen molar-refractivity contribution in [2.45, 2.75) is 25.9 Å². The van der Waals surface area contributed by atoms with Crippen LogP contribution in [0.5, 0.6) is 0 Å². The molecule has 0 bridgehead atoms. The number of aromatic nitrogens is 2. The van der Waals surface area contributed by atoms with Gasteiger partial charge in [0, 0.05) is 81.0 Å². The minimum absolute atomic E-state index is 0.714. The maximum absolute atomic E-state index is 6.52. The molecular formula is C48H40Cl4N4+2. The third kappa shape index (κ3) is 8.35. The van der Waals surface area contributed by atoms with Crippen LogP contribution in [0.4, 0.5) is 22.7 Å². The molecule has 0 aliphatic heterocycles. The van der Waals surface area contributed by atoms with Gasteiger partial charge in [0.05, 0.1) is 22.1 Å². The van der Waals surface area contributed by atoms with Crippen LogP contribution in [0.15, 0.2) is 158 Å². The SMILES string of the molecule is CN(c1ccc(Cl)cc1)c1cc[n+](Cc2ccc(CCc3ccc(C[n+]4ccc(N(C)c5ccc(Cl)cc5)c5ccc(Cl)cc54)cc3)cc2)c2cc(Cl)ccc12. The average molecular weight is 815 g/mol.